The Morgan fingerprint density at radius 3 is 2.47 bits per heavy atom. The monoisotopic (exact) mass is 273 g/mol. The number of ether oxygens (including phenoxy) is 1. The second-order valence-electron chi connectivity index (χ2n) is 3.97. The highest BCUT2D eigenvalue weighted by Crippen LogP contribution is 2.32. The summed E-state index contributed by atoms with van der Waals surface area (Å²) in [4.78, 5) is 14.0. The predicted molar refractivity (Wildman–Crippen MR) is 68.2 cm³/mol. The highest BCUT2D eigenvalue weighted by molar-refractivity contribution is 6.36. The van der Waals surface area contributed by atoms with Gasteiger partial charge in [0.2, 0.25) is 0 Å². The Morgan fingerprint density at radius 2 is 1.88 bits per heavy atom. The van der Waals surface area contributed by atoms with Crippen LogP contribution >= 0.6 is 23.2 Å². The highest BCUT2D eigenvalue weighted by atomic mass is 35.5. The number of carbonyl (C=O) groups excluding carboxylic acids is 1. The van der Waals surface area contributed by atoms with Crippen LogP contribution in [0.3, 0.4) is 0 Å². The van der Waals surface area contributed by atoms with E-state index in [1.165, 1.54) is 7.11 Å². The molecule has 2 rings (SSSR count). The van der Waals surface area contributed by atoms with Crippen LogP contribution in [0.1, 0.15) is 23.2 Å². The number of methoxy groups -OCH3 is 1. The van der Waals surface area contributed by atoms with Gasteiger partial charge in [-0.05, 0) is 18.9 Å². The van der Waals surface area contributed by atoms with Crippen LogP contribution in [0.2, 0.25) is 10.0 Å². The molecule has 0 aromatic heterocycles. The van der Waals surface area contributed by atoms with Crippen LogP contribution in [0.25, 0.3) is 0 Å². The quantitative estimate of drug-likeness (QED) is 0.828. The van der Waals surface area contributed by atoms with Crippen LogP contribution in [0.4, 0.5) is 0 Å². The van der Waals surface area contributed by atoms with Gasteiger partial charge in [0.15, 0.2) is 0 Å². The van der Waals surface area contributed by atoms with Crippen LogP contribution in [-0.2, 0) is 0 Å². The van der Waals surface area contributed by atoms with Crippen molar-refractivity contribution in [3.8, 4) is 5.75 Å². The molecule has 1 aromatic rings. The zero-order valence-corrected chi connectivity index (χ0v) is 11.0. The van der Waals surface area contributed by atoms with E-state index in [0.29, 0.717) is 21.4 Å². The predicted octanol–water partition coefficient (Wildman–Crippen LogP) is 3.24. The van der Waals surface area contributed by atoms with Crippen LogP contribution in [0, 0.1) is 0 Å². The fourth-order valence-corrected chi connectivity index (χ4v) is 2.41. The molecule has 0 atom stereocenters. The van der Waals surface area contributed by atoms with Crippen molar-refractivity contribution in [1.82, 2.24) is 4.90 Å². The maximum Gasteiger partial charge on any atom is 0.255 e. The molecule has 1 amide bonds. The average molecular weight is 274 g/mol. The van der Waals surface area contributed by atoms with E-state index in [1.807, 2.05) is 0 Å². The van der Waals surface area contributed by atoms with E-state index in [2.05, 4.69) is 0 Å². The van der Waals surface area contributed by atoms with Gasteiger partial charge in [0.05, 0.1) is 22.7 Å². The number of benzene rings is 1. The third kappa shape index (κ3) is 2.50. The average Bonchev–Trinajstić information content (AvgIpc) is 2.84. The summed E-state index contributed by atoms with van der Waals surface area (Å²) in [5.41, 5.74) is 0.444. The van der Waals surface area contributed by atoms with Crippen molar-refractivity contribution in [3.05, 3.63) is 27.7 Å². The highest BCUT2D eigenvalue weighted by Gasteiger charge is 2.22. The standard InChI is InChI=1S/C12H13Cl2NO2/c1-17-11-7-9(13)8(6-10(11)14)12(16)15-4-2-3-5-15/h6-7H,2-5H2,1H3. The van der Waals surface area contributed by atoms with E-state index < -0.39 is 0 Å². The number of hydrogen-bond donors (Lipinski definition) is 0. The SMILES string of the molecule is COc1cc(Cl)c(C(=O)N2CCCC2)cc1Cl. The topological polar surface area (TPSA) is 29.5 Å². The van der Waals surface area contributed by atoms with Crippen LogP contribution in [0.15, 0.2) is 12.1 Å². The molecule has 1 heterocycles. The summed E-state index contributed by atoms with van der Waals surface area (Å²) in [5, 5.41) is 0.780. The summed E-state index contributed by atoms with van der Waals surface area (Å²) >= 11 is 12.1. The van der Waals surface area contributed by atoms with E-state index in [-0.39, 0.29) is 5.91 Å². The van der Waals surface area contributed by atoms with Crippen molar-refractivity contribution in [3.63, 3.8) is 0 Å². The van der Waals surface area contributed by atoms with Crippen LogP contribution in [-0.4, -0.2) is 31.0 Å². The van der Waals surface area contributed by atoms with Gasteiger partial charge in [-0.25, -0.2) is 0 Å². The molecule has 1 saturated heterocycles. The van der Waals surface area contributed by atoms with Crippen molar-refractivity contribution in [2.45, 2.75) is 12.8 Å². The minimum absolute atomic E-state index is 0.0583. The lowest BCUT2D eigenvalue weighted by atomic mass is 10.2. The van der Waals surface area contributed by atoms with E-state index in [4.69, 9.17) is 27.9 Å². The van der Waals surface area contributed by atoms with E-state index in [1.54, 1.807) is 17.0 Å². The number of carbonyl (C=O) groups is 1. The Bertz CT molecular complexity index is 442. The summed E-state index contributed by atoms with van der Waals surface area (Å²) in [6.45, 7) is 1.58. The fourth-order valence-electron chi connectivity index (χ4n) is 1.94. The minimum Gasteiger partial charge on any atom is -0.495 e. The maximum absolute atomic E-state index is 12.2. The zero-order valence-electron chi connectivity index (χ0n) is 9.50. The fraction of sp³-hybridized carbons (Fsp3) is 0.417. The Balaban J connectivity index is 2.31. The minimum atomic E-state index is -0.0583. The van der Waals surface area contributed by atoms with Gasteiger partial charge in [0, 0.05) is 19.2 Å². The molecule has 3 nitrogen and oxygen atoms in total. The molecule has 1 aliphatic heterocycles. The first-order valence-electron chi connectivity index (χ1n) is 5.46. The number of halogens is 2. The molecule has 0 spiro atoms. The summed E-state index contributed by atoms with van der Waals surface area (Å²) in [6, 6.07) is 3.15. The van der Waals surface area contributed by atoms with Crippen molar-refractivity contribution in [1.29, 1.82) is 0 Å². The lowest BCUT2D eigenvalue weighted by Crippen LogP contribution is -2.27. The molecule has 1 aliphatic rings. The number of amides is 1. The molecule has 0 N–H and O–H groups in total. The lowest BCUT2D eigenvalue weighted by Gasteiger charge is -2.16. The first-order valence-corrected chi connectivity index (χ1v) is 6.21. The summed E-state index contributed by atoms with van der Waals surface area (Å²) < 4.78 is 5.04. The number of rotatable bonds is 2. The van der Waals surface area contributed by atoms with E-state index >= 15 is 0 Å². The zero-order chi connectivity index (χ0) is 12.4. The first-order chi connectivity index (χ1) is 8.13. The van der Waals surface area contributed by atoms with Gasteiger partial charge in [0.25, 0.3) is 5.91 Å². The molecular formula is C12H13Cl2NO2. The van der Waals surface area contributed by atoms with Gasteiger partial charge in [-0.1, -0.05) is 23.2 Å². The van der Waals surface area contributed by atoms with E-state index in [9.17, 15) is 4.79 Å². The molecule has 92 valence electrons. The number of nitrogens with zero attached hydrogens (tertiary/aromatic N) is 1. The molecule has 0 unspecified atom stereocenters. The molecule has 5 heteroatoms. The van der Waals surface area contributed by atoms with Gasteiger partial charge in [0.1, 0.15) is 5.75 Å². The summed E-state index contributed by atoms with van der Waals surface area (Å²) in [7, 11) is 1.51. The Hall–Kier alpha value is -0.930. The Kier molecular flexibility index (Phi) is 3.79. The smallest absolute Gasteiger partial charge is 0.255 e. The third-order valence-electron chi connectivity index (χ3n) is 2.87. The number of hydrogen-bond acceptors (Lipinski definition) is 2. The van der Waals surface area contributed by atoms with Gasteiger partial charge in [-0.3, -0.25) is 4.79 Å². The second kappa shape index (κ2) is 5.15. The second-order valence-corrected chi connectivity index (χ2v) is 4.78. The Morgan fingerprint density at radius 1 is 1.24 bits per heavy atom. The maximum atomic E-state index is 12.2. The van der Waals surface area contributed by atoms with Crippen LogP contribution in [0.5, 0.6) is 5.75 Å². The van der Waals surface area contributed by atoms with Gasteiger partial charge in [-0.2, -0.15) is 0 Å². The summed E-state index contributed by atoms with van der Waals surface area (Å²) in [5.74, 6) is 0.423. The van der Waals surface area contributed by atoms with E-state index in [0.717, 1.165) is 25.9 Å². The lowest BCUT2D eigenvalue weighted by molar-refractivity contribution is 0.0793. The molecule has 0 aliphatic carbocycles. The van der Waals surface area contributed by atoms with Crippen molar-refractivity contribution < 1.29 is 9.53 Å². The van der Waals surface area contributed by atoms with Crippen LogP contribution < -0.4 is 4.74 Å². The summed E-state index contributed by atoms with van der Waals surface area (Å²) in [6.07, 6.45) is 2.10. The molecule has 0 radical (unpaired) electrons. The Labute approximate surface area is 110 Å². The first kappa shape index (κ1) is 12.5. The normalized spacial score (nSPS) is 15.1. The molecule has 1 fully saturated rings. The third-order valence-corrected chi connectivity index (χ3v) is 3.47. The van der Waals surface area contributed by atoms with Crippen molar-refractivity contribution in [2.24, 2.45) is 0 Å². The molecule has 0 bridgehead atoms. The molecule has 17 heavy (non-hydrogen) atoms. The molecule has 1 aromatic carbocycles. The van der Waals surface area contributed by atoms with Crippen molar-refractivity contribution in [2.75, 3.05) is 20.2 Å². The van der Waals surface area contributed by atoms with Gasteiger partial charge in [-0.15, -0.1) is 0 Å². The largest absolute Gasteiger partial charge is 0.495 e. The van der Waals surface area contributed by atoms with Crippen molar-refractivity contribution >= 4 is 29.1 Å². The number of likely N-dealkylation sites (tertiary alicyclic amines) is 1. The van der Waals surface area contributed by atoms with Gasteiger partial charge >= 0.3 is 0 Å². The molecule has 0 saturated carbocycles. The van der Waals surface area contributed by atoms with Gasteiger partial charge < -0.3 is 9.64 Å². The molecular weight excluding hydrogens is 261 g/mol.